The van der Waals surface area contributed by atoms with E-state index in [1.165, 1.54) is 49.9 Å². The van der Waals surface area contributed by atoms with Crippen molar-refractivity contribution in [3.8, 4) is 0 Å². The van der Waals surface area contributed by atoms with Crippen molar-refractivity contribution in [2.75, 3.05) is 26.2 Å². The van der Waals surface area contributed by atoms with Crippen molar-refractivity contribution in [2.24, 2.45) is 5.92 Å². The molecule has 1 aliphatic carbocycles. The van der Waals surface area contributed by atoms with Crippen molar-refractivity contribution < 1.29 is 0 Å². The Bertz CT molecular complexity index is 443. The number of hydrogen-bond acceptors (Lipinski definition) is 2. The van der Waals surface area contributed by atoms with Crippen molar-refractivity contribution in [3.63, 3.8) is 0 Å². The molecule has 0 amide bonds. The Morgan fingerprint density at radius 1 is 1.10 bits per heavy atom. The Morgan fingerprint density at radius 3 is 2.50 bits per heavy atom. The molecule has 1 saturated heterocycles. The van der Waals surface area contributed by atoms with Gasteiger partial charge in [0.25, 0.3) is 0 Å². The van der Waals surface area contributed by atoms with Crippen LogP contribution in [0.2, 0.25) is 0 Å². The van der Waals surface area contributed by atoms with Gasteiger partial charge in [0, 0.05) is 32.2 Å². The van der Waals surface area contributed by atoms with Crippen LogP contribution in [0.1, 0.15) is 48.4 Å². The van der Waals surface area contributed by atoms with E-state index in [1.807, 2.05) is 0 Å². The summed E-state index contributed by atoms with van der Waals surface area (Å²) in [6.07, 6.45) is 5.69. The van der Waals surface area contributed by atoms with Gasteiger partial charge >= 0.3 is 0 Å². The summed E-state index contributed by atoms with van der Waals surface area (Å²) >= 11 is 0. The van der Waals surface area contributed by atoms with Gasteiger partial charge in [0.15, 0.2) is 0 Å². The summed E-state index contributed by atoms with van der Waals surface area (Å²) in [5.41, 5.74) is 4.56. The molecule has 1 N–H and O–H groups in total. The van der Waals surface area contributed by atoms with Gasteiger partial charge in [-0.25, -0.2) is 0 Å². The molecule has 2 heteroatoms. The third-order valence-corrected chi connectivity index (χ3v) is 5.36. The predicted octanol–water partition coefficient (Wildman–Crippen LogP) is 3.44. The SMILES string of the molecule is Cc1cccc([C@H](C2CCCC2)N2CCNCC2)c1C. The predicted molar refractivity (Wildman–Crippen MR) is 85.1 cm³/mol. The number of piperazine rings is 1. The van der Waals surface area contributed by atoms with Gasteiger partial charge in [-0.15, -0.1) is 0 Å². The van der Waals surface area contributed by atoms with E-state index in [0.29, 0.717) is 6.04 Å². The van der Waals surface area contributed by atoms with Gasteiger partial charge in [0.05, 0.1) is 0 Å². The van der Waals surface area contributed by atoms with Gasteiger partial charge in [-0.3, -0.25) is 4.90 Å². The van der Waals surface area contributed by atoms with Crippen LogP contribution in [-0.4, -0.2) is 31.1 Å². The first kappa shape index (κ1) is 14.1. The fraction of sp³-hybridized carbons (Fsp3) is 0.667. The summed E-state index contributed by atoms with van der Waals surface area (Å²) in [6.45, 7) is 9.27. The van der Waals surface area contributed by atoms with Crippen LogP contribution < -0.4 is 5.32 Å². The highest BCUT2D eigenvalue weighted by Gasteiger charge is 2.32. The zero-order valence-electron chi connectivity index (χ0n) is 13.0. The third kappa shape index (κ3) is 2.77. The van der Waals surface area contributed by atoms with Crippen LogP contribution in [0.15, 0.2) is 18.2 Å². The summed E-state index contributed by atoms with van der Waals surface area (Å²) in [6, 6.07) is 7.54. The molecule has 2 nitrogen and oxygen atoms in total. The second kappa shape index (κ2) is 6.28. The molecule has 20 heavy (non-hydrogen) atoms. The minimum Gasteiger partial charge on any atom is -0.314 e. The standard InChI is InChI=1S/C18H28N2/c1-14-6-5-9-17(15(14)2)18(16-7-3-4-8-16)20-12-10-19-11-13-20/h5-6,9,16,18-19H,3-4,7-8,10-13H2,1-2H3/t18-/m0/s1. The van der Waals surface area contributed by atoms with E-state index in [-0.39, 0.29) is 0 Å². The van der Waals surface area contributed by atoms with E-state index in [0.717, 1.165) is 19.0 Å². The van der Waals surface area contributed by atoms with Crippen LogP contribution >= 0.6 is 0 Å². The van der Waals surface area contributed by atoms with E-state index in [9.17, 15) is 0 Å². The van der Waals surface area contributed by atoms with E-state index < -0.39 is 0 Å². The van der Waals surface area contributed by atoms with Gasteiger partial charge in [-0.05, 0) is 49.3 Å². The number of nitrogens with zero attached hydrogens (tertiary/aromatic N) is 1. The van der Waals surface area contributed by atoms with Gasteiger partial charge < -0.3 is 5.32 Å². The lowest BCUT2D eigenvalue weighted by Gasteiger charge is -2.39. The molecule has 1 aromatic rings. The van der Waals surface area contributed by atoms with Crippen LogP contribution in [0.25, 0.3) is 0 Å². The average Bonchev–Trinajstić information content (AvgIpc) is 2.99. The third-order valence-electron chi connectivity index (χ3n) is 5.36. The molecule has 0 radical (unpaired) electrons. The minimum atomic E-state index is 0.652. The van der Waals surface area contributed by atoms with Gasteiger partial charge in [0.1, 0.15) is 0 Å². The fourth-order valence-electron chi connectivity index (χ4n) is 4.08. The van der Waals surface area contributed by atoms with Crippen LogP contribution in [0.3, 0.4) is 0 Å². The number of benzene rings is 1. The van der Waals surface area contributed by atoms with Crippen LogP contribution in [0, 0.1) is 19.8 Å². The molecule has 0 bridgehead atoms. The highest BCUT2D eigenvalue weighted by Crippen LogP contribution is 2.41. The van der Waals surface area contributed by atoms with Crippen LogP contribution in [-0.2, 0) is 0 Å². The topological polar surface area (TPSA) is 15.3 Å². The smallest absolute Gasteiger partial charge is 0.0380 e. The molecule has 1 aliphatic heterocycles. The summed E-state index contributed by atoms with van der Waals surface area (Å²) < 4.78 is 0. The van der Waals surface area contributed by atoms with E-state index in [1.54, 1.807) is 5.56 Å². The molecule has 2 fully saturated rings. The van der Waals surface area contributed by atoms with Gasteiger partial charge in [-0.1, -0.05) is 31.0 Å². The molecule has 2 aliphatic rings. The first-order chi connectivity index (χ1) is 9.77. The Balaban J connectivity index is 1.93. The molecule has 0 spiro atoms. The number of nitrogens with one attached hydrogen (secondary N) is 1. The van der Waals surface area contributed by atoms with E-state index in [2.05, 4.69) is 42.3 Å². The number of hydrogen-bond donors (Lipinski definition) is 1. The van der Waals surface area contributed by atoms with E-state index in [4.69, 9.17) is 0 Å². The maximum absolute atomic E-state index is 3.50. The lowest BCUT2D eigenvalue weighted by atomic mass is 9.86. The summed E-state index contributed by atoms with van der Waals surface area (Å²) in [5, 5.41) is 3.50. The molecule has 0 aromatic heterocycles. The highest BCUT2D eigenvalue weighted by molar-refractivity contribution is 5.36. The summed E-state index contributed by atoms with van der Waals surface area (Å²) in [7, 11) is 0. The molecule has 3 rings (SSSR count). The summed E-state index contributed by atoms with van der Waals surface area (Å²) in [4.78, 5) is 2.74. The van der Waals surface area contributed by atoms with Crippen molar-refractivity contribution >= 4 is 0 Å². The lowest BCUT2D eigenvalue weighted by molar-refractivity contribution is 0.125. The quantitative estimate of drug-likeness (QED) is 0.907. The normalized spacial score (nSPS) is 23.1. The first-order valence-electron chi connectivity index (χ1n) is 8.28. The maximum atomic E-state index is 3.50. The van der Waals surface area contributed by atoms with E-state index >= 15 is 0 Å². The molecular weight excluding hydrogens is 244 g/mol. The Morgan fingerprint density at radius 2 is 1.80 bits per heavy atom. The summed E-state index contributed by atoms with van der Waals surface area (Å²) in [5.74, 6) is 0.869. The molecule has 1 saturated carbocycles. The lowest BCUT2D eigenvalue weighted by Crippen LogP contribution is -2.46. The largest absolute Gasteiger partial charge is 0.314 e. The van der Waals surface area contributed by atoms with Gasteiger partial charge in [0.2, 0.25) is 0 Å². The molecule has 1 heterocycles. The van der Waals surface area contributed by atoms with Crippen molar-refractivity contribution in [1.82, 2.24) is 10.2 Å². The zero-order valence-corrected chi connectivity index (χ0v) is 13.0. The van der Waals surface area contributed by atoms with Gasteiger partial charge in [-0.2, -0.15) is 0 Å². The zero-order chi connectivity index (χ0) is 13.9. The second-order valence-electron chi connectivity index (χ2n) is 6.56. The van der Waals surface area contributed by atoms with Crippen LogP contribution in [0.4, 0.5) is 0 Å². The monoisotopic (exact) mass is 272 g/mol. The Hall–Kier alpha value is -0.860. The maximum Gasteiger partial charge on any atom is 0.0380 e. The molecular formula is C18H28N2. The van der Waals surface area contributed by atoms with Crippen molar-refractivity contribution in [2.45, 2.75) is 45.6 Å². The second-order valence-corrected chi connectivity index (χ2v) is 6.56. The highest BCUT2D eigenvalue weighted by atomic mass is 15.2. The van der Waals surface area contributed by atoms with Crippen molar-refractivity contribution in [1.29, 1.82) is 0 Å². The molecule has 110 valence electrons. The van der Waals surface area contributed by atoms with Crippen molar-refractivity contribution in [3.05, 3.63) is 34.9 Å². The molecule has 1 aromatic carbocycles. The minimum absolute atomic E-state index is 0.652. The Kier molecular flexibility index (Phi) is 4.42. The first-order valence-corrected chi connectivity index (χ1v) is 8.28. The van der Waals surface area contributed by atoms with Crippen LogP contribution in [0.5, 0.6) is 0 Å². The number of aryl methyl sites for hydroxylation is 1. The molecule has 0 unspecified atom stereocenters. The Labute approximate surface area is 123 Å². The number of rotatable bonds is 3. The fourth-order valence-corrected chi connectivity index (χ4v) is 4.08. The molecule has 1 atom stereocenters. The average molecular weight is 272 g/mol.